The fraction of sp³-hybridized carbons (Fsp3) is 0.440. The van der Waals surface area contributed by atoms with Gasteiger partial charge in [0.2, 0.25) is 5.91 Å². The molecule has 9 heteroatoms. The quantitative estimate of drug-likeness (QED) is 0.373. The lowest BCUT2D eigenvalue weighted by Crippen LogP contribution is -2.55. The molecule has 0 saturated carbocycles. The summed E-state index contributed by atoms with van der Waals surface area (Å²) in [6.07, 6.45) is 3.70. The number of amides is 3. The Balaban J connectivity index is 1.69. The average molecular weight is 483 g/mol. The molecule has 2 saturated heterocycles. The number of hydrogen-bond acceptors (Lipinski definition) is 5. The largest absolute Gasteiger partial charge is 0.376 e. The van der Waals surface area contributed by atoms with E-state index in [4.69, 9.17) is 17.0 Å². The van der Waals surface area contributed by atoms with E-state index in [1.54, 1.807) is 6.08 Å². The SMILES string of the molecule is CCN1C(=O)C(=Cc2c(C)n(CC(=O)NC[C@H]3CCCO3)c3ccccc23)C(=O)N(CC)C1=S. The zero-order chi connectivity index (χ0) is 24.4. The van der Waals surface area contributed by atoms with Crippen LogP contribution < -0.4 is 5.32 Å². The van der Waals surface area contributed by atoms with E-state index in [0.717, 1.165) is 41.6 Å². The Labute approximate surface area is 204 Å². The van der Waals surface area contributed by atoms with Gasteiger partial charge in [0.1, 0.15) is 12.1 Å². The molecule has 2 aliphatic heterocycles. The number of para-hydroxylation sites is 1. The average Bonchev–Trinajstić information content (AvgIpc) is 3.43. The summed E-state index contributed by atoms with van der Waals surface area (Å²) in [6, 6.07) is 7.69. The van der Waals surface area contributed by atoms with Crippen LogP contribution in [0.1, 0.15) is 37.9 Å². The van der Waals surface area contributed by atoms with E-state index in [0.29, 0.717) is 19.6 Å². The van der Waals surface area contributed by atoms with Gasteiger partial charge in [-0.3, -0.25) is 24.2 Å². The number of thiocarbonyl (C=S) groups is 1. The normalized spacial score (nSPS) is 18.9. The lowest BCUT2D eigenvalue weighted by Gasteiger charge is -2.35. The topological polar surface area (TPSA) is 83.9 Å². The van der Waals surface area contributed by atoms with Crippen LogP contribution in [0.5, 0.6) is 0 Å². The monoisotopic (exact) mass is 482 g/mol. The highest BCUT2D eigenvalue weighted by Crippen LogP contribution is 2.30. The van der Waals surface area contributed by atoms with Gasteiger partial charge in [0.15, 0.2) is 5.11 Å². The van der Waals surface area contributed by atoms with E-state index in [1.165, 1.54) is 9.80 Å². The van der Waals surface area contributed by atoms with Gasteiger partial charge in [-0.15, -0.1) is 0 Å². The Morgan fingerprint density at radius 3 is 2.47 bits per heavy atom. The van der Waals surface area contributed by atoms with Crippen molar-refractivity contribution in [2.45, 2.75) is 46.3 Å². The minimum Gasteiger partial charge on any atom is -0.376 e. The molecule has 2 aliphatic rings. The zero-order valence-electron chi connectivity index (χ0n) is 19.8. The lowest BCUT2D eigenvalue weighted by atomic mass is 10.0. The summed E-state index contributed by atoms with van der Waals surface area (Å²) >= 11 is 5.36. The number of aromatic nitrogens is 1. The van der Waals surface area contributed by atoms with Crippen LogP contribution in [0.2, 0.25) is 0 Å². The maximum absolute atomic E-state index is 13.1. The van der Waals surface area contributed by atoms with Crippen LogP contribution in [0.15, 0.2) is 29.8 Å². The highest BCUT2D eigenvalue weighted by molar-refractivity contribution is 7.80. The molecule has 1 aromatic heterocycles. The van der Waals surface area contributed by atoms with E-state index in [9.17, 15) is 14.4 Å². The Hall–Kier alpha value is -3.04. The molecule has 3 heterocycles. The number of fused-ring (bicyclic) bond motifs is 1. The van der Waals surface area contributed by atoms with Crippen LogP contribution in [0.3, 0.4) is 0 Å². The van der Waals surface area contributed by atoms with Crippen molar-refractivity contribution >= 4 is 52.0 Å². The van der Waals surface area contributed by atoms with Gasteiger partial charge in [0.05, 0.1) is 6.10 Å². The Morgan fingerprint density at radius 1 is 1.18 bits per heavy atom. The van der Waals surface area contributed by atoms with Crippen LogP contribution in [0, 0.1) is 6.92 Å². The first kappa shape index (κ1) is 24.1. The first-order chi connectivity index (χ1) is 16.4. The van der Waals surface area contributed by atoms with Gasteiger partial charge in [-0.25, -0.2) is 0 Å². The van der Waals surface area contributed by atoms with Gasteiger partial charge in [0.25, 0.3) is 11.8 Å². The molecule has 3 amide bonds. The number of likely N-dealkylation sites (N-methyl/N-ethyl adjacent to an activating group) is 2. The molecular formula is C25H30N4O4S. The molecule has 0 bridgehead atoms. The molecule has 180 valence electrons. The summed E-state index contributed by atoms with van der Waals surface area (Å²) in [7, 11) is 0. The van der Waals surface area contributed by atoms with Gasteiger partial charge >= 0.3 is 0 Å². The fourth-order valence-corrected chi connectivity index (χ4v) is 5.03. The fourth-order valence-electron chi connectivity index (χ4n) is 4.60. The number of carbonyl (C=O) groups is 3. The number of benzene rings is 1. The molecule has 2 aromatic rings. The molecule has 34 heavy (non-hydrogen) atoms. The molecule has 1 atom stereocenters. The summed E-state index contributed by atoms with van der Waals surface area (Å²) in [5.74, 6) is -0.900. The molecule has 1 N–H and O–H groups in total. The summed E-state index contributed by atoms with van der Waals surface area (Å²) < 4.78 is 7.51. The molecule has 2 fully saturated rings. The molecule has 0 radical (unpaired) electrons. The van der Waals surface area contributed by atoms with Crippen molar-refractivity contribution in [1.29, 1.82) is 0 Å². The van der Waals surface area contributed by atoms with E-state index in [2.05, 4.69) is 5.32 Å². The third-order valence-electron chi connectivity index (χ3n) is 6.47. The third-order valence-corrected chi connectivity index (χ3v) is 6.91. The molecular weight excluding hydrogens is 452 g/mol. The van der Waals surface area contributed by atoms with Crippen LogP contribution in [0.4, 0.5) is 0 Å². The number of nitrogens with zero attached hydrogens (tertiary/aromatic N) is 3. The number of rotatable bonds is 7. The number of hydrogen-bond donors (Lipinski definition) is 1. The Kier molecular flexibility index (Phi) is 7.13. The number of ether oxygens (including phenoxy) is 1. The van der Waals surface area contributed by atoms with E-state index in [-0.39, 0.29) is 29.2 Å². The van der Waals surface area contributed by atoms with Crippen molar-refractivity contribution in [3.05, 3.63) is 41.1 Å². The van der Waals surface area contributed by atoms with Gasteiger partial charge in [0, 0.05) is 48.4 Å². The number of carbonyl (C=O) groups excluding carboxylic acids is 3. The second kappa shape index (κ2) is 10.1. The van der Waals surface area contributed by atoms with Crippen LogP contribution in [-0.4, -0.2) is 69.5 Å². The van der Waals surface area contributed by atoms with Crippen molar-refractivity contribution in [3.63, 3.8) is 0 Å². The van der Waals surface area contributed by atoms with Crippen molar-refractivity contribution in [3.8, 4) is 0 Å². The van der Waals surface area contributed by atoms with Gasteiger partial charge < -0.3 is 14.6 Å². The summed E-state index contributed by atoms with van der Waals surface area (Å²) in [5.41, 5.74) is 2.50. The maximum atomic E-state index is 13.1. The second-order valence-corrected chi connectivity index (χ2v) is 8.85. The van der Waals surface area contributed by atoms with Crippen molar-refractivity contribution in [2.24, 2.45) is 0 Å². The highest BCUT2D eigenvalue weighted by Gasteiger charge is 2.38. The first-order valence-electron chi connectivity index (χ1n) is 11.7. The summed E-state index contributed by atoms with van der Waals surface area (Å²) in [5, 5.41) is 4.08. The van der Waals surface area contributed by atoms with Crippen LogP contribution >= 0.6 is 12.2 Å². The second-order valence-electron chi connectivity index (χ2n) is 8.48. The minimum atomic E-state index is -0.396. The minimum absolute atomic E-state index is 0.0733. The van der Waals surface area contributed by atoms with E-state index in [1.807, 2.05) is 49.6 Å². The van der Waals surface area contributed by atoms with Gasteiger partial charge in [-0.2, -0.15) is 0 Å². The van der Waals surface area contributed by atoms with Gasteiger partial charge in [-0.1, -0.05) is 18.2 Å². The third kappa shape index (κ3) is 4.37. The lowest BCUT2D eigenvalue weighted by molar-refractivity contribution is -0.133. The summed E-state index contributed by atoms with van der Waals surface area (Å²) in [6.45, 7) is 7.70. The predicted molar refractivity (Wildman–Crippen MR) is 134 cm³/mol. The zero-order valence-corrected chi connectivity index (χ0v) is 20.6. The Morgan fingerprint density at radius 2 is 1.85 bits per heavy atom. The van der Waals surface area contributed by atoms with Crippen LogP contribution in [0.25, 0.3) is 17.0 Å². The molecule has 8 nitrogen and oxygen atoms in total. The first-order valence-corrected chi connectivity index (χ1v) is 12.1. The molecule has 0 unspecified atom stereocenters. The molecule has 4 rings (SSSR count). The summed E-state index contributed by atoms with van der Waals surface area (Å²) in [4.78, 5) is 41.9. The standard InChI is InChI=1S/C25H30N4O4S/c1-4-27-23(31)20(24(32)28(5-2)25(27)34)13-19-16(3)29(21-11-7-6-10-18(19)21)15-22(30)26-14-17-9-8-12-33-17/h6-7,10-11,13,17H,4-5,8-9,12,14-15H2,1-3H3,(H,26,30)/t17-/m1/s1. The van der Waals surface area contributed by atoms with Crippen molar-refractivity contribution in [2.75, 3.05) is 26.2 Å². The van der Waals surface area contributed by atoms with Crippen LogP contribution in [-0.2, 0) is 25.7 Å². The highest BCUT2D eigenvalue weighted by atomic mass is 32.1. The van der Waals surface area contributed by atoms with E-state index >= 15 is 0 Å². The maximum Gasteiger partial charge on any atom is 0.265 e. The Bertz CT molecular complexity index is 1150. The molecule has 1 aromatic carbocycles. The smallest absolute Gasteiger partial charge is 0.265 e. The van der Waals surface area contributed by atoms with Crippen molar-refractivity contribution in [1.82, 2.24) is 19.7 Å². The van der Waals surface area contributed by atoms with Crippen molar-refractivity contribution < 1.29 is 19.1 Å². The predicted octanol–water partition coefficient (Wildman–Crippen LogP) is 2.62. The number of nitrogens with one attached hydrogen (secondary N) is 1. The molecule has 0 aliphatic carbocycles. The molecule has 0 spiro atoms. The van der Waals surface area contributed by atoms with Gasteiger partial charge in [-0.05, 0) is 58.0 Å². The van der Waals surface area contributed by atoms with E-state index < -0.39 is 11.8 Å².